The number of halogens is 3. The Hall–Kier alpha value is -1.52. The summed E-state index contributed by atoms with van der Waals surface area (Å²) in [7, 11) is 0. The molecule has 1 atom stereocenters. The summed E-state index contributed by atoms with van der Waals surface area (Å²) in [5.74, 6) is 0.0982. The number of rotatable bonds is 10. The van der Waals surface area contributed by atoms with Crippen LogP contribution in [0, 0.1) is 5.92 Å². The van der Waals surface area contributed by atoms with Crippen molar-refractivity contribution in [1.82, 2.24) is 4.90 Å². The highest BCUT2D eigenvalue weighted by Crippen LogP contribution is 2.30. The smallest absolute Gasteiger partial charge is 0.338 e. The maximum atomic E-state index is 12.9. The maximum Gasteiger partial charge on any atom is 0.416 e. The van der Waals surface area contributed by atoms with E-state index in [0.717, 1.165) is 50.7 Å². The first-order valence-electron chi connectivity index (χ1n) is 9.29. The molecule has 0 bridgehead atoms. The molecule has 142 valence electrons. The summed E-state index contributed by atoms with van der Waals surface area (Å²) in [4.78, 5) is 14.6. The third-order valence-corrected chi connectivity index (χ3v) is 4.53. The minimum atomic E-state index is -4.43. The first-order chi connectivity index (χ1) is 11.8. The zero-order valence-corrected chi connectivity index (χ0v) is 15.5. The number of hydrogen-bond donors (Lipinski definition) is 0. The fourth-order valence-electron chi connectivity index (χ4n) is 2.86. The second-order valence-electron chi connectivity index (χ2n) is 6.60. The largest absolute Gasteiger partial charge is 0.416 e. The van der Waals surface area contributed by atoms with E-state index in [9.17, 15) is 18.0 Å². The van der Waals surface area contributed by atoms with Crippen LogP contribution in [0.15, 0.2) is 24.3 Å². The number of alkyl halides is 3. The van der Waals surface area contributed by atoms with Crippen LogP contribution < -0.4 is 0 Å². The van der Waals surface area contributed by atoms with Crippen molar-refractivity contribution in [2.45, 2.75) is 65.5 Å². The minimum absolute atomic E-state index is 0.122. The fraction of sp³-hybridized carbons (Fsp3) is 0.650. The number of carbonyl (C=O) groups is 1. The predicted molar refractivity (Wildman–Crippen MR) is 95.6 cm³/mol. The van der Waals surface area contributed by atoms with E-state index < -0.39 is 11.7 Å². The zero-order valence-electron chi connectivity index (χ0n) is 15.5. The Bertz CT molecular complexity index is 528. The van der Waals surface area contributed by atoms with Crippen LogP contribution in [0.2, 0.25) is 0 Å². The number of hydrogen-bond acceptors (Lipinski definition) is 1. The van der Waals surface area contributed by atoms with Crippen LogP contribution in [0.1, 0.15) is 75.2 Å². The van der Waals surface area contributed by atoms with Crippen molar-refractivity contribution in [3.05, 3.63) is 35.4 Å². The van der Waals surface area contributed by atoms with Crippen molar-refractivity contribution in [1.29, 1.82) is 0 Å². The number of amides is 1. The first-order valence-corrected chi connectivity index (χ1v) is 9.29. The Kier molecular flexibility index (Phi) is 9.01. The van der Waals surface area contributed by atoms with Crippen molar-refractivity contribution in [2.75, 3.05) is 13.1 Å². The summed E-state index contributed by atoms with van der Waals surface area (Å²) >= 11 is 0. The van der Waals surface area contributed by atoms with Gasteiger partial charge in [-0.1, -0.05) is 52.5 Å². The van der Waals surface area contributed by atoms with E-state index in [4.69, 9.17) is 0 Å². The molecule has 1 aromatic carbocycles. The molecule has 0 aliphatic heterocycles. The SMILES string of the molecule is CCCCC(CC)CN(CCCC)C(=O)c1cccc(C(F)(F)F)c1. The van der Waals surface area contributed by atoms with Gasteiger partial charge in [0.25, 0.3) is 5.91 Å². The molecule has 1 aromatic rings. The van der Waals surface area contributed by atoms with E-state index in [-0.39, 0.29) is 11.5 Å². The molecule has 1 rings (SSSR count). The lowest BCUT2D eigenvalue weighted by Gasteiger charge is -2.27. The van der Waals surface area contributed by atoms with Crippen molar-refractivity contribution >= 4 is 5.91 Å². The van der Waals surface area contributed by atoms with Gasteiger partial charge < -0.3 is 4.90 Å². The standard InChI is InChI=1S/C20H30F3NO/c1-4-7-10-16(6-3)15-24(13-8-5-2)19(25)17-11-9-12-18(14-17)20(21,22)23/h9,11-12,14,16H,4-8,10,13,15H2,1-3H3. The van der Waals surface area contributed by atoms with Gasteiger partial charge in [0.15, 0.2) is 0 Å². The summed E-state index contributed by atoms with van der Waals surface area (Å²) in [6.45, 7) is 7.49. The third kappa shape index (κ3) is 7.09. The Balaban J connectivity index is 2.95. The first kappa shape index (κ1) is 21.5. The normalized spacial score (nSPS) is 12.9. The van der Waals surface area contributed by atoms with Crippen LogP contribution in [-0.4, -0.2) is 23.9 Å². The van der Waals surface area contributed by atoms with E-state index in [2.05, 4.69) is 13.8 Å². The summed E-state index contributed by atoms with van der Waals surface area (Å²) in [6.07, 6.45) is 1.60. The molecule has 1 unspecified atom stereocenters. The van der Waals surface area contributed by atoms with Gasteiger partial charge in [-0.25, -0.2) is 0 Å². The van der Waals surface area contributed by atoms with Gasteiger partial charge in [0.1, 0.15) is 0 Å². The highest BCUT2D eigenvalue weighted by Gasteiger charge is 2.31. The van der Waals surface area contributed by atoms with Gasteiger partial charge in [0, 0.05) is 18.7 Å². The van der Waals surface area contributed by atoms with Gasteiger partial charge >= 0.3 is 6.18 Å². The molecule has 1 amide bonds. The van der Waals surface area contributed by atoms with Gasteiger partial charge in [-0.05, 0) is 37.0 Å². The fourth-order valence-corrected chi connectivity index (χ4v) is 2.86. The summed E-state index contributed by atoms with van der Waals surface area (Å²) in [5, 5.41) is 0. The lowest BCUT2D eigenvalue weighted by Crippen LogP contribution is -2.36. The van der Waals surface area contributed by atoms with E-state index in [1.807, 2.05) is 6.92 Å². The van der Waals surface area contributed by atoms with Gasteiger partial charge in [-0.3, -0.25) is 4.79 Å². The highest BCUT2D eigenvalue weighted by molar-refractivity contribution is 5.94. The predicted octanol–water partition coefficient (Wildman–Crippen LogP) is 6.16. The minimum Gasteiger partial charge on any atom is -0.338 e. The molecule has 0 aliphatic rings. The van der Waals surface area contributed by atoms with E-state index >= 15 is 0 Å². The molecule has 0 aromatic heterocycles. The molecule has 0 radical (unpaired) electrons. The molecule has 0 saturated carbocycles. The van der Waals surface area contributed by atoms with Crippen LogP contribution in [0.4, 0.5) is 13.2 Å². The molecule has 0 spiro atoms. The van der Waals surface area contributed by atoms with Crippen LogP contribution in [-0.2, 0) is 6.18 Å². The monoisotopic (exact) mass is 357 g/mol. The number of benzene rings is 1. The van der Waals surface area contributed by atoms with Gasteiger partial charge in [0.2, 0.25) is 0 Å². The Labute approximate surface area is 149 Å². The van der Waals surface area contributed by atoms with Crippen molar-refractivity contribution in [3.63, 3.8) is 0 Å². The Morgan fingerprint density at radius 3 is 2.36 bits per heavy atom. The lowest BCUT2D eigenvalue weighted by molar-refractivity contribution is -0.137. The van der Waals surface area contributed by atoms with E-state index in [1.54, 1.807) is 4.90 Å². The van der Waals surface area contributed by atoms with Crippen LogP contribution in [0.25, 0.3) is 0 Å². The quantitative estimate of drug-likeness (QED) is 0.491. The number of carbonyl (C=O) groups excluding carboxylic acids is 1. The lowest BCUT2D eigenvalue weighted by atomic mass is 9.98. The summed E-state index contributed by atoms with van der Waals surface area (Å²) in [6, 6.07) is 4.75. The maximum absolute atomic E-state index is 12.9. The van der Waals surface area contributed by atoms with Gasteiger partial charge in [-0.15, -0.1) is 0 Å². The second kappa shape index (κ2) is 10.5. The molecule has 0 fully saturated rings. The van der Waals surface area contributed by atoms with Crippen molar-refractivity contribution in [2.24, 2.45) is 5.92 Å². The van der Waals surface area contributed by atoms with Crippen molar-refractivity contribution < 1.29 is 18.0 Å². The van der Waals surface area contributed by atoms with E-state index in [1.165, 1.54) is 12.1 Å². The van der Waals surface area contributed by atoms with Crippen LogP contribution in [0.5, 0.6) is 0 Å². The van der Waals surface area contributed by atoms with Gasteiger partial charge in [0.05, 0.1) is 5.56 Å². The van der Waals surface area contributed by atoms with Crippen LogP contribution >= 0.6 is 0 Å². The number of nitrogens with zero attached hydrogens (tertiary/aromatic N) is 1. The molecular formula is C20H30F3NO. The van der Waals surface area contributed by atoms with Gasteiger partial charge in [-0.2, -0.15) is 13.2 Å². The average Bonchev–Trinajstić information content (AvgIpc) is 2.60. The van der Waals surface area contributed by atoms with Crippen LogP contribution in [0.3, 0.4) is 0 Å². The topological polar surface area (TPSA) is 20.3 Å². The molecule has 0 N–H and O–H groups in total. The Morgan fingerprint density at radius 1 is 1.12 bits per heavy atom. The summed E-state index contributed by atoms with van der Waals surface area (Å²) < 4.78 is 38.7. The van der Waals surface area contributed by atoms with E-state index in [0.29, 0.717) is 19.0 Å². The molecular weight excluding hydrogens is 327 g/mol. The zero-order chi connectivity index (χ0) is 18.9. The molecule has 0 heterocycles. The third-order valence-electron chi connectivity index (χ3n) is 4.53. The molecule has 2 nitrogen and oxygen atoms in total. The molecule has 5 heteroatoms. The van der Waals surface area contributed by atoms with Crippen molar-refractivity contribution in [3.8, 4) is 0 Å². The molecule has 0 aliphatic carbocycles. The average molecular weight is 357 g/mol. The Morgan fingerprint density at radius 2 is 1.80 bits per heavy atom. The number of unbranched alkanes of at least 4 members (excludes halogenated alkanes) is 2. The highest BCUT2D eigenvalue weighted by atomic mass is 19.4. The summed E-state index contributed by atoms with van der Waals surface area (Å²) in [5.41, 5.74) is -0.650. The molecule has 0 saturated heterocycles. The second-order valence-corrected chi connectivity index (χ2v) is 6.60. The molecule has 25 heavy (non-hydrogen) atoms.